The quantitative estimate of drug-likeness (QED) is 0.130. The third-order valence-electron chi connectivity index (χ3n) is 8.46. The summed E-state index contributed by atoms with van der Waals surface area (Å²) < 4.78 is 44.8. The third kappa shape index (κ3) is 9.86. The van der Waals surface area contributed by atoms with E-state index >= 15 is 0 Å². The highest BCUT2D eigenvalue weighted by Gasteiger charge is 2.49. The molecule has 0 bridgehead atoms. The van der Waals surface area contributed by atoms with Gasteiger partial charge in [0.15, 0.2) is 6.29 Å². The standard InChI is InChI=1S/C40H43NO8/c1-2-34-33(41-40(42)49-34)27-47-39-38(46-26-32-21-13-6-14-22-32)37(45-25-31-19-11-5-12-20-31)36(44-24-30-17-9-4-10-18-30)35(48-39)28-43-23-29-15-7-3-8-16-29/h2-22,33-39H,1,23-28H2,(H,41,42)/t33-,34-,35?,36-,37?,38-,39-/m0/s1. The van der Waals surface area contributed by atoms with E-state index in [4.69, 9.17) is 33.2 Å². The number of rotatable bonds is 17. The largest absolute Gasteiger partial charge is 0.440 e. The van der Waals surface area contributed by atoms with E-state index in [2.05, 4.69) is 11.9 Å². The average molecular weight is 666 g/mol. The van der Waals surface area contributed by atoms with Gasteiger partial charge in [-0.3, -0.25) is 0 Å². The Kier molecular flexibility index (Phi) is 12.6. The molecule has 2 heterocycles. The second-order valence-corrected chi connectivity index (χ2v) is 12.0. The Morgan fingerprint density at radius 2 is 1.06 bits per heavy atom. The highest BCUT2D eigenvalue weighted by atomic mass is 16.7. The zero-order valence-electron chi connectivity index (χ0n) is 27.4. The van der Waals surface area contributed by atoms with Crippen molar-refractivity contribution in [1.29, 1.82) is 0 Å². The average Bonchev–Trinajstić information content (AvgIpc) is 3.52. The predicted octanol–water partition coefficient (Wildman–Crippen LogP) is 6.36. The fourth-order valence-corrected chi connectivity index (χ4v) is 5.90. The minimum atomic E-state index is -0.894. The Morgan fingerprint density at radius 3 is 1.57 bits per heavy atom. The molecule has 2 fully saturated rings. The van der Waals surface area contributed by atoms with Gasteiger partial charge in [-0.05, 0) is 28.3 Å². The number of cyclic esters (lactones) is 1. The molecule has 2 aliphatic heterocycles. The van der Waals surface area contributed by atoms with Crippen molar-refractivity contribution in [2.75, 3.05) is 13.2 Å². The molecule has 4 aromatic carbocycles. The van der Waals surface area contributed by atoms with Gasteiger partial charge < -0.3 is 38.5 Å². The molecule has 2 saturated heterocycles. The monoisotopic (exact) mass is 665 g/mol. The summed E-state index contributed by atoms with van der Waals surface area (Å²) in [7, 11) is 0. The van der Waals surface area contributed by atoms with E-state index in [0.717, 1.165) is 22.3 Å². The molecule has 1 N–H and O–H groups in total. The number of ether oxygens (including phenoxy) is 7. The number of alkyl carbamates (subject to hydrolysis) is 1. The SMILES string of the molecule is C=C[C@@H]1OC(=O)N[C@H]1CO[C@H]1OC(COCc2ccccc2)[C@H](OCc2ccccc2)C(OCc2ccccc2)[C@@H]1OCc1ccccc1. The van der Waals surface area contributed by atoms with Crippen LogP contribution in [0.2, 0.25) is 0 Å². The second-order valence-electron chi connectivity index (χ2n) is 12.0. The summed E-state index contributed by atoms with van der Waals surface area (Å²) in [5.74, 6) is 0. The lowest BCUT2D eigenvalue weighted by atomic mass is 9.97. The molecule has 2 aliphatic rings. The highest BCUT2D eigenvalue weighted by Crippen LogP contribution is 2.32. The lowest BCUT2D eigenvalue weighted by molar-refractivity contribution is -0.329. The fraction of sp³-hybridized carbons (Fsp3) is 0.325. The smallest absolute Gasteiger partial charge is 0.408 e. The van der Waals surface area contributed by atoms with Gasteiger partial charge in [-0.1, -0.05) is 128 Å². The van der Waals surface area contributed by atoms with Crippen molar-refractivity contribution in [2.45, 2.75) is 69.3 Å². The van der Waals surface area contributed by atoms with Crippen LogP contribution in [0.4, 0.5) is 4.79 Å². The van der Waals surface area contributed by atoms with Gasteiger partial charge in [0.25, 0.3) is 0 Å². The van der Waals surface area contributed by atoms with Crippen molar-refractivity contribution >= 4 is 6.09 Å². The van der Waals surface area contributed by atoms with Crippen LogP contribution < -0.4 is 5.32 Å². The molecular weight excluding hydrogens is 622 g/mol. The van der Waals surface area contributed by atoms with Crippen molar-refractivity contribution in [1.82, 2.24) is 5.32 Å². The number of amides is 1. The van der Waals surface area contributed by atoms with Crippen LogP contribution in [0.3, 0.4) is 0 Å². The summed E-state index contributed by atoms with van der Waals surface area (Å²) in [6.07, 6.45) is -2.89. The van der Waals surface area contributed by atoms with Crippen molar-refractivity contribution in [2.24, 2.45) is 0 Å². The Labute approximate surface area is 287 Å². The first-order valence-corrected chi connectivity index (χ1v) is 16.6. The summed E-state index contributed by atoms with van der Waals surface area (Å²) >= 11 is 0. The molecule has 0 aliphatic carbocycles. The van der Waals surface area contributed by atoms with Crippen LogP contribution in [-0.2, 0) is 59.6 Å². The van der Waals surface area contributed by atoms with Gasteiger partial charge in [0.2, 0.25) is 0 Å². The number of hydrogen-bond donors (Lipinski definition) is 1. The second kappa shape index (κ2) is 17.9. The maximum atomic E-state index is 12.0. The maximum absolute atomic E-state index is 12.0. The molecule has 0 radical (unpaired) electrons. The Balaban J connectivity index is 1.29. The molecule has 9 heteroatoms. The number of carbonyl (C=O) groups is 1. The first-order chi connectivity index (χ1) is 24.2. The Bertz CT molecular complexity index is 1560. The zero-order chi connectivity index (χ0) is 33.7. The van der Waals surface area contributed by atoms with E-state index in [1.54, 1.807) is 6.08 Å². The minimum Gasteiger partial charge on any atom is -0.440 e. The number of benzene rings is 4. The van der Waals surface area contributed by atoms with Crippen LogP contribution >= 0.6 is 0 Å². The molecule has 49 heavy (non-hydrogen) atoms. The van der Waals surface area contributed by atoms with Crippen LogP contribution in [0, 0.1) is 0 Å². The van der Waals surface area contributed by atoms with Crippen LogP contribution in [0.25, 0.3) is 0 Å². The van der Waals surface area contributed by atoms with E-state index in [1.165, 1.54) is 0 Å². The summed E-state index contributed by atoms with van der Waals surface area (Å²) in [5, 5.41) is 2.80. The predicted molar refractivity (Wildman–Crippen MR) is 183 cm³/mol. The first-order valence-electron chi connectivity index (χ1n) is 16.6. The first kappa shape index (κ1) is 34.5. The third-order valence-corrected chi connectivity index (χ3v) is 8.46. The molecule has 0 aromatic heterocycles. The van der Waals surface area contributed by atoms with Gasteiger partial charge in [0, 0.05) is 0 Å². The van der Waals surface area contributed by atoms with E-state index in [-0.39, 0.29) is 13.2 Å². The summed E-state index contributed by atoms with van der Waals surface area (Å²) in [6.45, 7) is 5.45. The molecular formula is C40H43NO8. The summed E-state index contributed by atoms with van der Waals surface area (Å²) in [6, 6.07) is 39.4. The molecule has 0 saturated carbocycles. The zero-order valence-corrected chi connectivity index (χ0v) is 27.4. The molecule has 0 spiro atoms. The van der Waals surface area contributed by atoms with Gasteiger partial charge in [0.1, 0.15) is 30.5 Å². The van der Waals surface area contributed by atoms with Crippen molar-refractivity contribution < 1.29 is 38.0 Å². The highest BCUT2D eigenvalue weighted by molar-refractivity contribution is 5.70. The number of carbonyl (C=O) groups excluding carboxylic acids is 1. The fourth-order valence-electron chi connectivity index (χ4n) is 5.90. The van der Waals surface area contributed by atoms with Gasteiger partial charge in [-0.2, -0.15) is 0 Å². The minimum absolute atomic E-state index is 0.0941. The van der Waals surface area contributed by atoms with E-state index in [0.29, 0.717) is 26.4 Å². The van der Waals surface area contributed by atoms with Gasteiger partial charge >= 0.3 is 6.09 Å². The lowest BCUT2D eigenvalue weighted by Crippen LogP contribution is -2.62. The topological polar surface area (TPSA) is 93.7 Å². The lowest BCUT2D eigenvalue weighted by Gasteiger charge is -2.46. The van der Waals surface area contributed by atoms with Crippen LogP contribution in [-0.4, -0.2) is 62.2 Å². The maximum Gasteiger partial charge on any atom is 0.408 e. The molecule has 1 amide bonds. The van der Waals surface area contributed by atoms with Crippen LogP contribution in [0.5, 0.6) is 0 Å². The summed E-state index contributed by atoms with van der Waals surface area (Å²) in [5.41, 5.74) is 4.05. The van der Waals surface area contributed by atoms with Crippen LogP contribution in [0.15, 0.2) is 134 Å². The van der Waals surface area contributed by atoms with Crippen LogP contribution in [0.1, 0.15) is 22.3 Å². The Morgan fingerprint density at radius 1 is 0.592 bits per heavy atom. The molecule has 2 unspecified atom stereocenters. The van der Waals surface area contributed by atoms with E-state index in [1.807, 2.05) is 121 Å². The van der Waals surface area contributed by atoms with Gasteiger partial charge in [-0.25, -0.2) is 4.79 Å². The molecule has 4 aromatic rings. The molecule has 6 rings (SSSR count). The Hall–Kier alpha value is -4.35. The van der Waals surface area contributed by atoms with Crippen molar-refractivity contribution in [3.63, 3.8) is 0 Å². The normalized spacial score (nSPS) is 25.0. The van der Waals surface area contributed by atoms with Crippen molar-refractivity contribution in [3.05, 3.63) is 156 Å². The van der Waals surface area contributed by atoms with Gasteiger partial charge in [-0.15, -0.1) is 0 Å². The van der Waals surface area contributed by atoms with Gasteiger partial charge in [0.05, 0.1) is 45.7 Å². The van der Waals surface area contributed by atoms with Crippen molar-refractivity contribution in [3.8, 4) is 0 Å². The number of hydrogen-bond acceptors (Lipinski definition) is 8. The molecule has 256 valence electrons. The summed E-state index contributed by atoms with van der Waals surface area (Å²) in [4.78, 5) is 12.0. The number of nitrogens with one attached hydrogen (secondary N) is 1. The van der Waals surface area contributed by atoms with E-state index < -0.39 is 48.9 Å². The van der Waals surface area contributed by atoms with E-state index in [9.17, 15) is 4.79 Å². The molecule has 7 atom stereocenters. The molecule has 9 nitrogen and oxygen atoms in total.